The van der Waals surface area contributed by atoms with Gasteiger partial charge in [0.1, 0.15) is 0 Å². The summed E-state index contributed by atoms with van der Waals surface area (Å²) in [6, 6.07) is 0.240. The molecule has 3 nitrogen and oxygen atoms in total. The third kappa shape index (κ3) is 2.74. The van der Waals surface area contributed by atoms with Crippen LogP contribution >= 0.6 is 11.3 Å². The van der Waals surface area contributed by atoms with Gasteiger partial charge in [-0.25, -0.2) is 4.98 Å². The van der Waals surface area contributed by atoms with Crippen LogP contribution in [0.25, 0.3) is 0 Å². The lowest BCUT2D eigenvalue weighted by Crippen LogP contribution is -2.09. The smallest absolute Gasteiger partial charge is 0.0797 e. The summed E-state index contributed by atoms with van der Waals surface area (Å²) in [5.41, 5.74) is 12.2. The molecule has 19 heavy (non-hydrogen) atoms. The normalized spacial score (nSPS) is 19.2. The maximum atomic E-state index is 6.25. The molecule has 0 fully saturated rings. The van der Waals surface area contributed by atoms with Crippen LogP contribution in [-0.4, -0.2) is 9.55 Å². The molecule has 0 aliphatic heterocycles. The van der Waals surface area contributed by atoms with Crippen LogP contribution < -0.4 is 5.73 Å². The van der Waals surface area contributed by atoms with E-state index in [0.29, 0.717) is 0 Å². The van der Waals surface area contributed by atoms with Crippen molar-refractivity contribution in [3.8, 4) is 0 Å². The highest BCUT2D eigenvalue weighted by atomic mass is 32.1. The number of thiazole rings is 1. The first-order valence-electron chi connectivity index (χ1n) is 7.07. The first kappa shape index (κ1) is 12.9. The summed E-state index contributed by atoms with van der Waals surface area (Å²) in [7, 11) is 0. The van der Waals surface area contributed by atoms with Crippen LogP contribution in [0, 0.1) is 6.92 Å². The van der Waals surface area contributed by atoms with Gasteiger partial charge in [0.05, 0.1) is 11.2 Å². The van der Waals surface area contributed by atoms with Crippen molar-refractivity contribution >= 4 is 11.3 Å². The SMILES string of the molecule is Cc1ncsc1CCn1cc2c(c1)C(N)CCCC2. The number of rotatable bonds is 3. The number of hydrogen-bond donors (Lipinski definition) is 1. The first-order chi connectivity index (χ1) is 9.24. The Labute approximate surface area is 118 Å². The van der Waals surface area contributed by atoms with Gasteiger partial charge in [-0.3, -0.25) is 0 Å². The van der Waals surface area contributed by atoms with Gasteiger partial charge >= 0.3 is 0 Å². The molecule has 2 heterocycles. The molecule has 4 heteroatoms. The molecule has 1 unspecified atom stereocenters. The van der Waals surface area contributed by atoms with E-state index in [0.717, 1.165) is 19.4 Å². The van der Waals surface area contributed by atoms with Gasteiger partial charge in [0, 0.05) is 36.3 Å². The summed E-state index contributed by atoms with van der Waals surface area (Å²) < 4.78 is 2.31. The summed E-state index contributed by atoms with van der Waals surface area (Å²) in [4.78, 5) is 5.70. The number of aryl methyl sites for hydroxylation is 4. The first-order valence-corrected chi connectivity index (χ1v) is 7.95. The molecule has 1 aliphatic rings. The molecule has 1 atom stereocenters. The third-order valence-corrected chi connectivity index (χ3v) is 5.04. The monoisotopic (exact) mass is 275 g/mol. The van der Waals surface area contributed by atoms with Crippen LogP contribution in [0.3, 0.4) is 0 Å². The van der Waals surface area contributed by atoms with E-state index >= 15 is 0 Å². The predicted molar refractivity (Wildman–Crippen MR) is 79.5 cm³/mol. The third-order valence-electron chi connectivity index (χ3n) is 4.05. The number of nitrogens with two attached hydrogens (primary N) is 1. The fourth-order valence-electron chi connectivity index (χ4n) is 2.88. The topological polar surface area (TPSA) is 43.8 Å². The number of fused-ring (bicyclic) bond motifs is 1. The van der Waals surface area contributed by atoms with Gasteiger partial charge in [-0.05, 0) is 37.3 Å². The second-order valence-electron chi connectivity index (χ2n) is 5.44. The van der Waals surface area contributed by atoms with E-state index in [9.17, 15) is 0 Å². The molecular weight excluding hydrogens is 254 g/mol. The fraction of sp³-hybridized carbons (Fsp3) is 0.533. The van der Waals surface area contributed by atoms with Crippen LogP contribution in [-0.2, 0) is 19.4 Å². The molecule has 0 saturated carbocycles. The summed E-state index contributed by atoms with van der Waals surface area (Å²) in [6.45, 7) is 3.12. The van der Waals surface area contributed by atoms with E-state index in [1.54, 1.807) is 11.3 Å². The Morgan fingerprint density at radius 2 is 2.32 bits per heavy atom. The molecule has 0 amide bonds. The number of aromatic nitrogens is 2. The molecule has 3 rings (SSSR count). The van der Waals surface area contributed by atoms with Gasteiger partial charge in [0.2, 0.25) is 0 Å². The van der Waals surface area contributed by atoms with E-state index < -0.39 is 0 Å². The standard InChI is InChI=1S/C15H21N3S/c1-11-15(19-10-17-11)6-7-18-8-12-4-2-3-5-14(16)13(12)9-18/h8-10,14H,2-7,16H2,1H3. The molecular formula is C15H21N3S. The van der Waals surface area contributed by atoms with Crippen molar-refractivity contribution in [2.24, 2.45) is 5.73 Å². The van der Waals surface area contributed by atoms with Crippen molar-refractivity contribution in [2.75, 3.05) is 0 Å². The zero-order valence-electron chi connectivity index (χ0n) is 11.4. The minimum atomic E-state index is 0.240. The van der Waals surface area contributed by atoms with Gasteiger partial charge in [0.25, 0.3) is 0 Å². The van der Waals surface area contributed by atoms with Crippen LogP contribution in [0.4, 0.5) is 0 Å². The molecule has 2 aromatic rings. The molecule has 0 saturated heterocycles. The highest BCUT2D eigenvalue weighted by molar-refractivity contribution is 7.09. The zero-order valence-corrected chi connectivity index (χ0v) is 12.2. The maximum Gasteiger partial charge on any atom is 0.0797 e. The second kappa shape index (κ2) is 5.47. The van der Waals surface area contributed by atoms with Crippen LogP contribution in [0.15, 0.2) is 17.9 Å². The molecule has 0 radical (unpaired) electrons. The van der Waals surface area contributed by atoms with Crippen molar-refractivity contribution in [1.29, 1.82) is 0 Å². The van der Waals surface area contributed by atoms with Crippen LogP contribution in [0.1, 0.15) is 47.0 Å². The lowest BCUT2D eigenvalue weighted by Gasteiger charge is -2.07. The Bertz CT molecular complexity index is 555. The minimum absolute atomic E-state index is 0.240. The van der Waals surface area contributed by atoms with E-state index in [4.69, 9.17) is 5.73 Å². The van der Waals surface area contributed by atoms with Crippen molar-refractivity contribution < 1.29 is 0 Å². The Morgan fingerprint density at radius 1 is 1.42 bits per heavy atom. The summed E-state index contributed by atoms with van der Waals surface area (Å²) in [6.07, 6.45) is 10.5. The van der Waals surface area contributed by atoms with E-state index in [1.165, 1.54) is 41.0 Å². The van der Waals surface area contributed by atoms with E-state index in [2.05, 4.69) is 28.9 Å². The van der Waals surface area contributed by atoms with Crippen LogP contribution in [0.5, 0.6) is 0 Å². The molecule has 2 N–H and O–H groups in total. The van der Waals surface area contributed by atoms with E-state index in [1.807, 2.05) is 5.51 Å². The molecule has 0 spiro atoms. The summed E-state index contributed by atoms with van der Waals surface area (Å²) in [5.74, 6) is 0. The molecule has 102 valence electrons. The highest BCUT2D eigenvalue weighted by Gasteiger charge is 2.17. The number of nitrogens with zero attached hydrogens (tertiary/aromatic N) is 2. The molecule has 0 bridgehead atoms. The average molecular weight is 275 g/mol. The van der Waals surface area contributed by atoms with Gasteiger partial charge in [0.15, 0.2) is 0 Å². The highest BCUT2D eigenvalue weighted by Crippen LogP contribution is 2.28. The lowest BCUT2D eigenvalue weighted by molar-refractivity contribution is 0.606. The largest absolute Gasteiger partial charge is 0.353 e. The summed E-state index contributed by atoms with van der Waals surface area (Å²) >= 11 is 1.76. The van der Waals surface area contributed by atoms with E-state index in [-0.39, 0.29) is 6.04 Å². The number of hydrogen-bond acceptors (Lipinski definition) is 3. The quantitative estimate of drug-likeness (QED) is 0.874. The second-order valence-corrected chi connectivity index (χ2v) is 6.38. The fourth-order valence-corrected chi connectivity index (χ4v) is 3.65. The Hall–Kier alpha value is -1.13. The average Bonchev–Trinajstić information content (AvgIpc) is 2.95. The van der Waals surface area contributed by atoms with Crippen molar-refractivity contribution in [2.45, 2.75) is 51.6 Å². The van der Waals surface area contributed by atoms with Crippen molar-refractivity contribution in [1.82, 2.24) is 9.55 Å². The molecule has 2 aromatic heterocycles. The molecule has 1 aliphatic carbocycles. The summed E-state index contributed by atoms with van der Waals surface area (Å²) in [5, 5.41) is 0. The van der Waals surface area contributed by atoms with Gasteiger partial charge < -0.3 is 10.3 Å². The van der Waals surface area contributed by atoms with Crippen molar-refractivity contribution in [3.63, 3.8) is 0 Å². The van der Waals surface area contributed by atoms with Crippen molar-refractivity contribution in [3.05, 3.63) is 39.6 Å². The Balaban J connectivity index is 1.72. The maximum absolute atomic E-state index is 6.25. The zero-order chi connectivity index (χ0) is 13.2. The van der Waals surface area contributed by atoms with Gasteiger partial charge in [-0.1, -0.05) is 6.42 Å². The lowest BCUT2D eigenvalue weighted by atomic mass is 10.1. The van der Waals surface area contributed by atoms with Gasteiger partial charge in [-0.15, -0.1) is 11.3 Å². The minimum Gasteiger partial charge on any atom is -0.353 e. The molecule has 0 aromatic carbocycles. The Morgan fingerprint density at radius 3 is 3.11 bits per heavy atom. The van der Waals surface area contributed by atoms with Gasteiger partial charge in [-0.2, -0.15) is 0 Å². The predicted octanol–water partition coefficient (Wildman–Crippen LogP) is 3.22. The van der Waals surface area contributed by atoms with Crippen LogP contribution in [0.2, 0.25) is 0 Å². The Kier molecular flexibility index (Phi) is 3.71.